The molecule has 2 N–H and O–H groups in total. The Kier molecular flexibility index (Phi) is 8.29. The van der Waals surface area contributed by atoms with E-state index in [9.17, 15) is 26.0 Å². The molecule has 0 aliphatic carbocycles. The van der Waals surface area contributed by atoms with Crippen molar-refractivity contribution in [2.75, 3.05) is 33.3 Å². The van der Waals surface area contributed by atoms with E-state index in [0.29, 0.717) is 12.8 Å². The number of nitrogens with zero attached hydrogens (tertiary/aromatic N) is 1. The maximum absolute atomic E-state index is 13.7. The van der Waals surface area contributed by atoms with E-state index in [1.54, 1.807) is 12.1 Å². The van der Waals surface area contributed by atoms with E-state index in [0.717, 1.165) is 22.0 Å². The van der Waals surface area contributed by atoms with Crippen LogP contribution < -0.4 is 14.8 Å². The summed E-state index contributed by atoms with van der Waals surface area (Å²) in [6.07, 6.45) is 0.933. The van der Waals surface area contributed by atoms with Gasteiger partial charge in [-0.15, -0.1) is 0 Å². The second-order valence-corrected chi connectivity index (χ2v) is 11.7. The van der Waals surface area contributed by atoms with E-state index in [4.69, 9.17) is 4.74 Å². The van der Waals surface area contributed by atoms with E-state index >= 15 is 0 Å². The fourth-order valence-corrected chi connectivity index (χ4v) is 6.40. The third kappa shape index (κ3) is 6.12. The number of methoxy groups -OCH3 is 1. The van der Waals surface area contributed by atoms with Crippen LogP contribution in [0.25, 0.3) is 0 Å². The van der Waals surface area contributed by atoms with E-state index < -0.39 is 31.8 Å². The fraction of sp³-hybridized carbons (Fsp3) is 0.409. The molecule has 34 heavy (non-hydrogen) atoms. The van der Waals surface area contributed by atoms with Gasteiger partial charge in [0.1, 0.15) is 16.5 Å². The number of halogens is 1. The Morgan fingerprint density at radius 3 is 2.50 bits per heavy atom. The van der Waals surface area contributed by atoms with Crippen LogP contribution >= 0.6 is 0 Å². The van der Waals surface area contributed by atoms with Gasteiger partial charge in [0, 0.05) is 26.2 Å². The third-order valence-electron chi connectivity index (χ3n) is 5.55. The van der Waals surface area contributed by atoms with Crippen molar-refractivity contribution in [3.8, 4) is 5.75 Å². The maximum atomic E-state index is 13.7. The lowest BCUT2D eigenvalue weighted by atomic mass is 9.99. The van der Waals surface area contributed by atoms with E-state index in [-0.39, 0.29) is 47.6 Å². The van der Waals surface area contributed by atoms with Crippen molar-refractivity contribution in [1.82, 2.24) is 14.3 Å². The van der Waals surface area contributed by atoms with E-state index in [1.807, 2.05) is 6.92 Å². The first-order chi connectivity index (χ1) is 16.0. The topological polar surface area (TPSA) is 122 Å². The number of aryl methyl sites for hydroxylation is 1. The van der Waals surface area contributed by atoms with Crippen molar-refractivity contribution in [3.63, 3.8) is 0 Å². The van der Waals surface area contributed by atoms with Crippen LogP contribution in [0.1, 0.15) is 18.4 Å². The molecule has 0 saturated carbocycles. The average Bonchev–Trinajstić information content (AvgIpc) is 2.82. The summed E-state index contributed by atoms with van der Waals surface area (Å²) < 4.78 is 73.2. The van der Waals surface area contributed by atoms with Crippen molar-refractivity contribution < 1.29 is 30.8 Å². The molecular weight excluding hydrogens is 485 g/mol. The number of hydrogen-bond acceptors (Lipinski definition) is 6. The number of amides is 1. The van der Waals surface area contributed by atoms with Crippen LogP contribution in [0.4, 0.5) is 4.39 Å². The number of hydrogen-bond donors (Lipinski definition) is 2. The Hall–Kier alpha value is -2.54. The standard InChI is InChI=1S/C22H28FN3O6S2/c1-16-5-8-19(9-6-16)33(28,29)25-12-11-24-22(27)17-4-3-13-26(15-17)34(30,31)21-14-18(23)7-10-20(21)32-2/h5-10,14,17,25H,3-4,11-13,15H2,1-2H3,(H,24,27)/t17-/m1/s1. The SMILES string of the molecule is COc1ccc(F)cc1S(=O)(=O)N1CCC[C@@H](C(=O)NCCNS(=O)(=O)c2ccc(C)cc2)C1. The van der Waals surface area contributed by atoms with E-state index in [2.05, 4.69) is 10.0 Å². The molecule has 1 aliphatic rings. The minimum absolute atomic E-state index is 0.0167. The number of nitrogens with one attached hydrogen (secondary N) is 2. The highest BCUT2D eigenvalue weighted by atomic mass is 32.2. The first-order valence-electron chi connectivity index (χ1n) is 10.7. The Morgan fingerprint density at radius 2 is 1.82 bits per heavy atom. The Bertz CT molecular complexity index is 1230. The number of benzene rings is 2. The molecule has 186 valence electrons. The molecule has 2 aromatic rings. The summed E-state index contributed by atoms with van der Waals surface area (Å²) in [4.78, 5) is 12.5. The van der Waals surface area contributed by atoms with Crippen LogP contribution in [0, 0.1) is 18.7 Å². The molecule has 1 amide bonds. The summed E-state index contributed by atoms with van der Waals surface area (Å²) in [6, 6.07) is 9.64. The van der Waals surface area contributed by atoms with Crippen molar-refractivity contribution in [2.45, 2.75) is 29.6 Å². The van der Waals surface area contributed by atoms with Gasteiger partial charge < -0.3 is 10.1 Å². The monoisotopic (exact) mass is 513 g/mol. The van der Waals surface area contributed by atoms with Gasteiger partial charge in [-0.1, -0.05) is 17.7 Å². The number of rotatable bonds is 9. The van der Waals surface area contributed by atoms with Crippen molar-refractivity contribution in [1.29, 1.82) is 0 Å². The van der Waals surface area contributed by atoms with Crippen molar-refractivity contribution in [3.05, 3.63) is 53.8 Å². The predicted octanol–water partition coefficient (Wildman–Crippen LogP) is 1.64. The van der Waals surface area contributed by atoms with Crippen LogP contribution in [0.2, 0.25) is 0 Å². The molecule has 2 aromatic carbocycles. The van der Waals surface area contributed by atoms with Crippen molar-refractivity contribution in [2.24, 2.45) is 5.92 Å². The lowest BCUT2D eigenvalue weighted by Gasteiger charge is -2.31. The van der Waals surface area contributed by atoms with Gasteiger partial charge in [-0.3, -0.25) is 4.79 Å². The van der Waals surface area contributed by atoms with Gasteiger partial charge in [-0.25, -0.2) is 25.9 Å². The van der Waals surface area contributed by atoms with Gasteiger partial charge in [0.2, 0.25) is 26.0 Å². The summed E-state index contributed by atoms with van der Waals surface area (Å²) in [5.74, 6) is -1.68. The summed E-state index contributed by atoms with van der Waals surface area (Å²) in [7, 11) is -6.48. The van der Waals surface area contributed by atoms with Crippen LogP contribution in [0.15, 0.2) is 52.3 Å². The molecule has 1 fully saturated rings. The Morgan fingerprint density at radius 1 is 1.12 bits per heavy atom. The zero-order valence-electron chi connectivity index (χ0n) is 19.0. The number of carbonyl (C=O) groups excluding carboxylic acids is 1. The molecule has 12 heteroatoms. The second-order valence-electron chi connectivity index (χ2n) is 8.00. The third-order valence-corrected chi connectivity index (χ3v) is 8.91. The Labute approximate surface area is 199 Å². The molecule has 9 nitrogen and oxygen atoms in total. The largest absolute Gasteiger partial charge is 0.495 e. The van der Waals surface area contributed by atoms with Crippen LogP contribution in [0.5, 0.6) is 5.75 Å². The quantitative estimate of drug-likeness (QED) is 0.492. The van der Waals surface area contributed by atoms with E-state index in [1.165, 1.54) is 25.3 Å². The maximum Gasteiger partial charge on any atom is 0.246 e. The van der Waals surface area contributed by atoms with Crippen LogP contribution in [-0.4, -0.2) is 60.3 Å². The highest BCUT2D eigenvalue weighted by Gasteiger charge is 2.35. The second kappa shape index (κ2) is 10.8. The van der Waals surface area contributed by atoms with Crippen LogP contribution in [0.3, 0.4) is 0 Å². The zero-order valence-corrected chi connectivity index (χ0v) is 20.6. The molecule has 1 heterocycles. The molecule has 0 bridgehead atoms. The first-order valence-corrected chi connectivity index (χ1v) is 13.6. The van der Waals surface area contributed by atoms with Gasteiger partial charge >= 0.3 is 0 Å². The minimum atomic E-state index is -4.08. The number of sulfonamides is 2. The number of carbonyl (C=O) groups is 1. The summed E-state index contributed by atoms with van der Waals surface area (Å²) in [5, 5.41) is 2.66. The average molecular weight is 514 g/mol. The molecule has 1 atom stereocenters. The van der Waals surface area contributed by atoms with Crippen molar-refractivity contribution >= 4 is 26.0 Å². The smallest absolute Gasteiger partial charge is 0.246 e. The lowest BCUT2D eigenvalue weighted by molar-refractivity contribution is -0.126. The molecule has 1 saturated heterocycles. The summed E-state index contributed by atoms with van der Waals surface area (Å²) in [6.45, 7) is 2.01. The molecule has 1 aliphatic heterocycles. The number of ether oxygens (including phenoxy) is 1. The van der Waals surface area contributed by atoms with Gasteiger partial charge in [0.05, 0.1) is 17.9 Å². The predicted molar refractivity (Wildman–Crippen MR) is 124 cm³/mol. The van der Waals surface area contributed by atoms with Gasteiger partial charge in [0.15, 0.2) is 0 Å². The molecular formula is C22H28FN3O6S2. The highest BCUT2D eigenvalue weighted by molar-refractivity contribution is 7.89. The lowest BCUT2D eigenvalue weighted by Crippen LogP contribution is -2.46. The highest BCUT2D eigenvalue weighted by Crippen LogP contribution is 2.30. The molecule has 0 unspecified atom stereocenters. The molecule has 3 rings (SSSR count). The summed E-state index contributed by atoms with van der Waals surface area (Å²) >= 11 is 0. The van der Waals surface area contributed by atoms with Gasteiger partial charge in [-0.05, 0) is 50.1 Å². The normalized spacial score (nSPS) is 17.3. The Balaban J connectivity index is 1.57. The molecule has 0 radical (unpaired) electrons. The minimum Gasteiger partial charge on any atom is -0.495 e. The number of piperidine rings is 1. The summed E-state index contributed by atoms with van der Waals surface area (Å²) in [5.41, 5.74) is 0.936. The molecule has 0 spiro atoms. The van der Waals surface area contributed by atoms with Crippen LogP contribution in [-0.2, 0) is 24.8 Å². The fourth-order valence-electron chi connectivity index (χ4n) is 3.68. The zero-order chi connectivity index (χ0) is 24.9. The first kappa shape index (κ1) is 26.1. The van der Waals surface area contributed by atoms with Gasteiger partial charge in [-0.2, -0.15) is 4.31 Å². The van der Waals surface area contributed by atoms with Gasteiger partial charge in [0.25, 0.3) is 0 Å². The molecule has 0 aromatic heterocycles.